The standard InChI is InChI=1S/C27H31N5O5/c1-4-36-23-15-18(10-13-22(23)37-16(2)3)24(30-20-11-8-17(9-12-20)25(28)29)27(35)32-31-26(34)19-6-5-7-21(33)14-19/h5-16,24,30,33H,4H2,1-3H3,(H3,28,29)(H,31,34)(H,32,35). The lowest BCUT2D eigenvalue weighted by atomic mass is 10.0. The molecule has 0 radical (unpaired) electrons. The largest absolute Gasteiger partial charge is 0.508 e. The highest BCUT2D eigenvalue weighted by Crippen LogP contribution is 2.33. The minimum atomic E-state index is -0.944. The quantitative estimate of drug-likeness (QED) is 0.140. The minimum Gasteiger partial charge on any atom is -0.508 e. The van der Waals surface area contributed by atoms with Gasteiger partial charge in [-0.05, 0) is 80.9 Å². The molecule has 7 N–H and O–H groups in total. The molecule has 3 aromatic rings. The molecule has 0 spiro atoms. The van der Waals surface area contributed by atoms with Crippen LogP contribution in [0.5, 0.6) is 17.2 Å². The average molecular weight is 506 g/mol. The van der Waals surface area contributed by atoms with E-state index in [1.165, 1.54) is 24.3 Å². The molecule has 194 valence electrons. The van der Waals surface area contributed by atoms with Crippen LogP contribution < -0.4 is 31.4 Å². The van der Waals surface area contributed by atoms with Crippen LogP contribution in [0, 0.1) is 5.41 Å². The van der Waals surface area contributed by atoms with Crippen molar-refractivity contribution >= 4 is 23.3 Å². The number of hydrogen-bond donors (Lipinski definition) is 6. The number of benzene rings is 3. The minimum absolute atomic E-state index is 0.0697. The fourth-order valence-corrected chi connectivity index (χ4v) is 3.45. The van der Waals surface area contributed by atoms with Crippen molar-refractivity contribution in [2.75, 3.05) is 11.9 Å². The fraction of sp³-hybridized carbons (Fsp3) is 0.222. The smallest absolute Gasteiger partial charge is 0.269 e. The number of amidine groups is 1. The Hall–Kier alpha value is -4.73. The Morgan fingerprint density at radius 1 is 0.973 bits per heavy atom. The van der Waals surface area contributed by atoms with Gasteiger partial charge in [-0.2, -0.15) is 0 Å². The number of carbonyl (C=O) groups excluding carboxylic acids is 2. The summed E-state index contributed by atoms with van der Waals surface area (Å²) in [5, 5.41) is 20.3. The first-order valence-corrected chi connectivity index (χ1v) is 11.7. The normalized spacial score (nSPS) is 11.4. The van der Waals surface area contributed by atoms with Crippen LogP contribution in [0.4, 0.5) is 5.69 Å². The second-order valence-electron chi connectivity index (χ2n) is 8.37. The summed E-state index contributed by atoms with van der Waals surface area (Å²) in [4.78, 5) is 25.8. The van der Waals surface area contributed by atoms with Crippen LogP contribution in [-0.4, -0.2) is 35.5 Å². The van der Waals surface area contributed by atoms with Crippen molar-refractivity contribution in [1.82, 2.24) is 10.9 Å². The van der Waals surface area contributed by atoms with E-state index in [-0.39, 0.29) is 23.3 Å². The van der Waals surface area contributed by atoms with E-state index in [4.69, 9.17) is 20.6 Å². The van der Waals surface area contributed by atoms with Crippen molar-refractivity contribution in [1.29, 1.82) is 5.41 Å². The molecule has 37 heavy (non-hydrogen) atoms. The van der Waals surface area contributed by atoms with Gasteiger partial charge in [0.15, 0.2) is 11.5 Å². The maximum absolute atomic E-state index is 13.3. The Morgan fingerprint density at radius 2 is 1.70 bits per heavy atom. The van der Waals surface area contributed by atoms with E-state index in [2.05, 4.69) is 16.2 Å². The van der Waals surface area contributed by atoms with Crippen LogP contribution in [0.15, 0.2) is 66.7 Å². The number of amides is 2. The average Bonchev–Trinajstić information content (AvgIpc) is 2.87. The number of rotatable bonds is 10. The third-order valence-electron chi connectivity index (χ3n) is 5.14. The van der Waals surface area contributed by atoms with Crippen molar-refractivity contribution in [2.24, 2.45) is 5.73 Å². The summed E-state index contributed by atoms with van der Waals surface area (Å²) < 4.78 is 11.6. The SMILES string of the molecule is CCOc1cc(C(Nc2ccc(C(=N)N)cc2)C(=O)NNC(=O)c2cccc(O)c2)ccc1OC(C)C. The van der Waals surface area contributed by atoms with Crippen LogP contribution >= 0.6 is 0 Å². The highest BCUT2D eigenvalue weighted by Gasteiger charge is 2.23. The summed E-state index contributed by atoms with van der Waals surface area (Å²) in [5.41, 5.74) is 12.2. The molecule has 3 aromatic carbocycles. The van der Waals surface area contributed by atoms with Gasteiger partial charge in [-0.25, -0.2) is 0 Å². The number of nitrogens with two attached hydrogens (primary N) is 1. The summed E-state index contributed by atoms with van der Waals surface area (Å²) >= 11 is 0. The number of ether oxygens (including phenoxy) is 2. The van der Waals surface area contributed by atoms with Crippen molar-refractivity contribution in [3.63, 3.8) is 0 Å². The zero-order chi connectivity index (χ0) is 26.9. The van der Waals surface area contributed by atoms with Crippen LogP contribution in [0.2, 0.25) is 0 Å². The van der Waals surface area contributed by atoms with Crippen molar-refractivity contribution in [3.05, 3.63) is 83.4 Å². The molecular weight excluding hydrogens is 474 g/mol. The summed E-state index contributed by atoms with van der Waals surface area (Å²) in [5.74, 6) is -0.266. The van der Waals surface area contributed by atoms with E-state index in [1.807, 2.05) is 20.8 Å². The molecule has 0 bridgehead atoms. The van der Waals surface area contributed by atoms with E-state index in [1.54, 1.807) is 42.5 Å². The lowest BCUT2D eigenvalue weighted by molar-refractivity contribution is -0.122. The van der Waals surface area contributed by atoms with E-state index < -0.39 is 17.9 Å². The number of nitrogens with one attached hydrogen (secondary N) is 4. The van der Waals surface area contributed by atoms with E-state index in [9.17, 15) is 14.7 Å². The van der Waals surface area contributed by atoms with Crippen LogP contribution in [0.25, 0.3) is 0 Å². The fourth-order valence-electron chi connectivity index (χ4n) is 3.45. The van der Waals surface area contributed by atoms with Gasteiger partial charge in [0.2, 0.25) is 0 Å². The molecule has 1 unspecified atom stereocenters. The molecule has 0 fully saturated rings. The van der Waals surface area contributed by atoms with E-state index in [0.29, 0.717) is 34.9 Å². The number of anilines is 1. The first-order valence-electron chi connectivity index (χ1n) is 11.7. The number of hydrogen-bond acceptors (Lipinski definition) is 7. The Labute approximate surface area is 215 Å². The molecule has 0 aromatic heterocycles. The number of nitrogen functional groups attached to an aromatic ring is 1. The van der Waals surface area contributed by atoms with Gasteiger partial charge in [-0.1, -0.05) is 12.1 Å². The predicted molar refractivity (Wildman–Crippen MR) is 141 cm³/mol. The van der Waals surface area contributed by atoms with Gasteiger partial charge >= 0.3 is 0 Å². The Bertz CT molecular complexity index is 1260. The molecule has 10 nitrogen and oxygen atoms in total. The monoisotopic (exact) mass is 505 g/mol. The topological polar surface area (TPSA) is 159 Å². The second kappa shape index (κ2) is 12.3. The van der Waals surface area contributed by atoms with Gasteiger partial charge in [-0.3, -0.25) is 25.8 Å². The maximum Gasteiger partial charge on any atom is 0.269 e. The van der Waals surface area contributed by atoms with Crippen molar-refractivity contribution < 1.29 is 24.2 Å². The zero-order valence-corrected chi connectivity index (χ0v) is 20.9. The third kappa shape index (κ3) is 7.38. The molecule has 0 aliphatic rings. The van der Waals surface area contributed by atoms with Crippen molar-refractivity contribution in [3.8, 4) is 17.2 Å². The second-order valence-corrected chi connectivity index (χ2v) is 8.37. The molecular formula is C27H31N5O5. The van der Waals surface area contributed by atoms with E-state index >= 15 is 0 Å². The molecule has 10 heteroatoms. The Kier molecular flexibility index (Phi) is 8.93. The van der Waals surface area contributed by atoms with Gasteiger partial charge in [0.05, 0.1) is 12.7 Å². The third-order valence-corrected chi connectivity index (χ3v) is 5.14. The van der Waals surface area contributed by atoms with Gasteiger partial charge in [0.1, 0.15) is 17.6 Å². The van der Waals surface area contributed by atoms with Crippen LogP contribution in [0.3, 0.4) is 0 Å². The van der Waals surface area contributed by atoms with Crippen molar-refractivity contribution in [2.45, 2.75) is 32.9 Å². The molecule has 0 aliphatic carbocycles. The number of phenolic OH excluding ortho intramolecular Hbond substituents is 1. The van der Waals surface area contributed by atoms with Crippen LogP contribution in [0.1, 0.15) is 48.3 Å². The zero-order valence-electron chi connectivity index (χ0n) is 20.9. The van der Waals surface area contributed by atoms with Gasteiger partial charge in [0, 0.05) is 16.8 Å². The summed E-state index contributed by atoms with van der Waals surface area (Å²) in [7, 11) is 0. The maximum atomic E-state index is 13.3. The lowest BCUT2D eigenvalue weighted by Crippen LogP contribution is -2.45. The van der Waals surface area contributed by atoms with Gasteiger partial charge < -0.3 is 25.6 Å². The first-order chi connectivity index (χ1) is 17.7. The number of carbonyl (C=O) groups is 2. The summed E-state index contributed by atoms with van der Waals surface area (Å²) in [6.07, 6.45) is -0.0743. The molecule has 1 atom stereocenters. The molecule has 0 aliphatic heterocycles. The van der Waals surface area contributed by atoms with Gasteiger partial charge in [-0.15, -0.1) is 0 Å². The molecule has 2 amide bonds. The summed E-state index contributed by atoms with van der Waals surface area (Å²) in [6.45, 7) is 6.05. The summed E-state index contributed by atoms with van der Waals surface area (Å²) in [6, 6.07) is 16.7. The Balaban J connectivity index is 1.89. The molecule has 0 heterocycles. The molecule has 0 saturated carbocycles. The molecule has 3 rings (SSSR count). The molecule has 0 saturated heterocycles. The predicted octanol–water partition coefficient (Wildman–Crippen LogP) is 3.48. The highest BCUT2D eigenvalue weighted by molar-refractivity contribution is 5.97. The number of aromatic hydroxyl groups is 1. The number of hydrazine groups is 1. The van der Waals surface area contributed by atoms with E-state index in [0.717, 1.165) is 0 Å². The van der Waals surface area contributed by atoms with Gasteiger partial charge in [0.25, 0.3) is 11.8 Å². The first kappa shape index (κ1) is 26.9. The van der Waals surface area contributed by atoms with Crippen LogP contribution in [-0.2, 0) is 4.79 Å². The Morgan fingerprint density at radius 3 is 2.32 bits per heavy atom. The highest BCUT2D eigenvalue weighted by atomic mass is 16.5. The lowest BCUT2D eigenvalue weighted by Gasteiger charge is -2.22. The number of phenols is 1.